The summed E-state index contributed by atoms with van der Waals surface area (Å²) in [6.07, 6.45) is 3.59. The molecule has 0 saturated carbocycles. The highest BCUT2D eigenvalue weighted by Gasteiger charge is 2.30. The number of anilines is 1. The van der Waals surface area contributed by atoms with Gasteiger partial charge in [0, 0.05) is 25.3 Å². The number of benzene rings is 2. The van der Waals surface area contributed by atoms with E-state index in [1.807, 2.05) is 19.1 Å². The van der Waals surface area contributed by atoms with E-state index in [0.717, 1.165) is 41.5 Å². The average Bonchev–Trinajstić information content (AvgIpc) is 3.52. The number of hydrogen-bond donors (Lipinski definition) is 0. The Bertz CT molecular complexity index is 1310. The van der Waals surface area contributed by atoms with Gasteiger partial charge in [-0.1, -0.05) is 24.3 Å². The molecule has 35 heavy (non-hydrogen) atoms. The molecule has 186 valence electrons. The summed E-state index contributed by atoms with van der Waals surface area (Å²) in [6, 6.07) is 12.4. The first kappa shape index (κ1) is 24.4. The number of nitrogens with zero attached hydrogens (tertiary/aromatic N) is 3. The van der Waals surface area contributed by atoms with Crippen molar-refractivity contribution in [2.45, 2.75) is 50.5 Å². The molecule has 1 unspecified atom stereocenters. The maximum Gasteiger partial charge on any atom is 0.260 e. The summed E-state index contributed by atoms with van der Waals surface area (Å²) >= 11 is 1.49. The van der Waals surface area contributed by atoms with Crippen molar-refractivity contribution >= 4 is 42.6 Å². The van der Waals surface area contributed by atoms with Gasteiger partial charge < -0.3 is 4.74 Å². The summed E-state index contributed by atoms with van der Waals surface area (Å²) in [4.78, 5) is 20.3. The van der Waals surface area contributed by atoms with Crippen LogP contribution in [-0.4, -0.2) is 56.0 Å². The van der Waals surface area contributed by atoms with Gasteiger partial charge in [0.15, 0.2) is 5.13 Å². The van der Waals surface area contributed by atoms with Crippen LogP contribution in [-0.2, 0) is 14.8 Å². The minimum atomic E-state index is -3.56. The number of carbonyl (C=O) groups is 1. The number of amides is 1. The molecule has 1 aromatic heterocycles. The molecule has 7 nitrogen and oxygen atoms in total. The topological polar surface area (TPSA) is 79.8 Å². The van der Waals surface area contributed by atoms with Crippen LogP contribution in [0.5, 0.6) is 0 Å². The number of aromatic nitrogens is 1. The van der Waals surface area contributed by atoms with Gasteiger partial charge in [-0.2, -0.15) is 4.31 Å². The molecule has 2 aliphatic heterocycles. The molecule has 2 saturated heterocycles. The van der Waals surface area contributed by atoms with Crippen molar-refractivity contribution in [3.63, 3.8) is 0 Å². The Hall–Kier alpha value is -2.33. The largest absolute Gasteiger partial charge is 0.376 e. The summed E-state index contributed by atoms with van der Waals surface area (Å²) < 4.78 is 34.6. The van der Waals surface area contributed by atoms with Crippen LogP contribution in [0.25, 0.3) is 10.2 Å². The fraction of sp³-hybridized carbons (Fsp3) is 0.462. The zero-order valence-electron chi connectivity index (χ0n) is 20.1. The first-order valence-corrected chi connectivity index (χ1v) is 14.5. The molecule has 2 fully saturated rings. The maximum absolute atomic E-state index is 13.7. The summed E-state index contributed by atoms with van der Waals surface area (Å²) in [6.45, 7) is 6.39. The number of hydrogen-bond acceptors (Lipinski definition) is 6. The second-order valence-corrected chi connectivity index (χ2v) is 12.6. The predicted octanol–water partition coefficient (Wildman–Crippen LogP) is 4.85. The summed E-state index contributed by atoms with van der Waals surface area (Å²) in [5.41, 5.74) is 2.44. The highest BCUT2D eigenvalue weighted by Crippen LogP contribution is 2.32. The molecule has 3 aromatic rings. The summed E-state index contributed by atoms with van der Waals surface area (Å²) in [5, 5.41) is 0.630. The fourth-order valence-electron chi connectivity index (χ4n) is 4.67. The Balaban J connectivity index is 1.41. The van der Waals surface area contributed by atoms with Gasteiger partial charge in [-0.25, -0.2) is 13.4 Å². The molecule has 2 aliphatic rings. The van der Waals surface area contributed by atoms with Gasteiger partial charge in [-0.3, -0.25) is 9.69 Å². The SMILES string of the molecule is Cc1ccc2nc(N(CC3CCCO3)C(=O)c3ccc(S(=O)(=O)N4CCC(C)CC4)cc3)sc2c1. The lowest BCUT2D eigenvalue weighted by Gasteiger charge is -2.29. The third-order valence-electron chi connectivity index (χ3n) is 6.90. The summed E-state index contributed by atoms with van der Waals surface area (Å²) in [7, 11) is -3.56. The summed E-state index contributed by atoms with van der Waals surface area (Å²) in [5.74, 6) is 0.342. The van der Waals surface area contributed by atoms with Gasteiger partial charge in [0.25, 0.3) is 5.91 Å². The van der Waals surface area contributed by atoms with E-state index in [-0.39, 0.29) is 16.9 Å². The first-order chi connectivity index (χ1) is 16.8. The molecular formula is C26H31N3O4S2. The Labute approximate surface area is 210 Å². The van der Waals surface area contributed by atoms with E-state index < -0.39 is 10.0 Å². The number of fused-ring (bicyclic) bond motifs is 1. The van der Waals surface area contributed by atoms with E-state index in [9.17, 15) is 13.2 Å². The molecule has 2 aromatic carbocycles. The van der Waals surface area contributed by atoms with Crippen LogP contribution in [0.2, 0.25) is 0 Å². The second-order valence-electron chi connectivity index (χ2n) is 9.63. The maximum atomic E-state index is 13.7. The van der Waals surface area contributed by atoms with Crippen molar-refractivity contribution in [2.24, 2.45) is 5.92 Å². The third kappa shape index (κ3) is 5.14. The van der Waals surface area contributed by atoms with Gasteiger partial charge in [0.05, 0.1) is 27.8 Å². The van der Waals surface area contributed by atoms with E-state index in [0.29, 0.717) is 42.9 Å². The normalized spacial score (nSPS) is 19.9. The number of thiazole rings is 1. The minimum Gasteiger partial charge on any atom is -0.376 e. The third-order valence-corrected chi connectivity index (χ3v) is 9.85. The lowest BCUT2D eigenvalue weighted by atomic mass is 10.0. The van der Waals surface area contributed by atoms with Crippen molar-refractivity contribution in [1.29, 1.82) is 0 Å². The molecule has 3 heterocycles. The molecule has 0 bridgehead atoms. The van der Waals surface area contributed by atoms with Crippen molar-refractivity contribution in [1.82, 2.24) is 9.29 Å². The monoisotopic (exact) mass is 513 g/mol. The fourth-order valence-corrected chi connectivity index (χ4v) is 7.22. The number of rotatable bonds is 6. The molecule has 1 amide bonds. The van der Waals surface area contributed by atoms with Crippen LogP contribution >= 0.6 is 11.3 Å². The number of ether oxygens (including phenoxy) is 1. The van der Waals surface area contributed by atoms with Gasteiger partial charge >= 0.3 is 0 Å². The molecule has 1 atom stereocenters. The van der Waals surface area contributed by atoms with Crippen molar-refractivity contribution < 1.29 is 17.9 Å². The molecule has 0 radical (unpaired) electrons. The van der Waals surface area contributed by atoms with Gasteiger partial charge in [-0.05, 0) is 80.5 Å². The van der Waals surface area contributed by atoms with Crippen molar-refractivity contribution in [2.75, 3.05) is 31.1 Å². The highest BCUT2D eigenvalue weighted by atomic mass is 32.2. The predicted molar refractivity (Wildman–Crippen MR) is 139 cm³/mol. The molecule has 0 N–H and O–H groups in total. The number of aryl methyl sites for hydroxylation is 1. The van der Waals surface area contributed by atoms with E-state index in [2.05, 4.69) is 13.0 Å². The lowest BCUT2D eigenvalue weighted by molar-refractivity contribution is 0.0917. The second kappa shape index (κ2) is 9.97. The molecule has 0 spiro atoms. The van der Waals surface area contributed by atoms with Gasteiger partial charge in [0.1, 0.15) is 0 Å². The van der Waals surface area contributed by atoms with E-state index in [1.54, 1.807) is 33.5 Å². The van der Waals surface area contributed by atoms with E-state index in [1.165, 1.54) is 11.3 Å². The first-order valence-electron chi connectivity index (χ1n) is 12.2. The Morgan fingerprint density at radius 2 is 1.89 bits per heavy atom. The average molecular weight is 514 g/mol. The van der Waals surface area contributed by atoms with Crippen molar-refractivity contribution in [3.05, 3.63) is 53.6 Å². The van der Waals surface area contributed by atoms with Crippen LogP contribution in [0.4, 0.5) is 5.13 Å². The quantitative estimate of drug-likeness (QED) is 0.471. The Morgan fingerprint density at radius 3 is 2.57 bits per heavy atom. The van der Waals surface area contributed by atoms with Crippen molar-refractivity contribution in [3.8, 4) is 0 Å². The number of piperidine rings is 1. The van der Waals surface area contributed by atoms with E-state index in [4.69, 9.17) is 9.72 Å². The van der Waals surface area contributed by atoms with Crippen LogP contribution in [0, 0.1) is 12.8 Å². The Kier molecular flexibility index (Phi) is 6.94. The number of carbonyl (C=O) groups excluding carboxylic acids is 1. The van der Waals surface area contributed by atoms with Gasteiger partial charge in [0.2, 0.25) is 10.0 Å². The lowest BCUT2D eigenvalue weighted by Crippen LogP contribution is -2.38. The Morgan fingerprint density at radius 1 is 1.14 bits per heavy atom. The smallest absolute Gasteiger partial charge is 0.260 e. The molecular weight excluding hydrogens is 482 g/mol. The van der Waals surface area contributed by atoms with Crippen LogP contribution in [0.1, 0.15) is 48.5 Å². The minimum absolute atomic E-state index is 0.0335. The standard InChI is InChI=1S/C26H31N3O4S2/c1-18-11-13-28(14-12-18)35(31,32)22-8-6-20(7-9-22)25(30)29(17-21-4-3-15-33-21)26-27-23-10-5-19(2)16-24(23)34-26/h5-10,16,18,21H,3-4,11-15,17H2,1-2H3. The van der Waals surface area contributed by atoms with E-state index >= 15 is 0 Å². The van der Waals surface area contributed by atoms with Gasteiger partial charge in [-0.15, -0.1) is 0 Å². The molecule has 0 aliphatic carbocycles. The number of sulfonamides is 1. The zero-order valence-corrected chi connectivity index (χ0v) is 21.8. The highest BCUT2D eigenvalue weighted by molar-refractivity contribution is 7.89. The molecule has 9 heteroatoms. The van der Waals surface area contributed by atoms with Crippen LogP contribution in [0.3, 0.4) is 0 Å². The van der Waals surface area contributed by atoms with Crippen LogP contribution in [0.15, 0.2) is 47.4 Å². The molecule has 5 rings (SSSR count). The zero-order chi connectivity index (χ0) is 24.6. The van der Waals surface area contributed by atoms with Crippen LogP contribution < -0.4 is 4.90 Å².